The monoisotopic (exact) mass is 456 g/mol. The highest BCUT2D eigenvalue weighted by Crippen LogP contribution is 2.42. The summed E-state index contributed by atoms with van der Waals surface area (Å²) >= 11 is 0. The first-order valence-corrected chi connectivity index (χ1v) is 17.8. The SMILES string of the molecule is C/C(C#C[Si](C)(C)C)=C/C(c1ccccc1)C(C)(C)C(=O)[C@H](C)O[Si](C)(C)C(C)(C)C. The van der Waals surface area contributed by atoms with Crippen LogP contribution < -0.4 is 0 Å². The van der Waals surface area contributed by atoms with Crippen LogP contribution in [0, 0.1) is 16.9 Å². The van der Waals surface area contributed by atoms with Gasteiger partial charge in [0, 0.05) is 11.3 Å². The van der Waals surface area contributed by atoms with E-state index in [0.29, 0.717) is 0 Å². The van der Waals surface area contributed by atoms with Crippen LogP contribution in [0.3, 0.4) is 0 Å². The molecule has 0 saturated heterocycles. The van der Waals surface area contributed by atoms with Crippen LogP contribution in [0.5, 0.6) is 0 Å². The molecule has 0 aliphatic carbocycles. The second-order valence-corrected chi connectivity index (χ2v) is 21.4. The molecule has 0 saturated carbocycles. The van der Waals surface area contributed by atoms with Gasteiger partial charge in [-0.3, -0.25) is 4.79 Å². The van der Waals surface area contributed by atoms with Gasteiger partial charge in [-0.15, -0.1) is 5.54 Å². The first-order chi connectivity index (χ1) is 13.9. The number of benzene rings is 1. The van der Waals surface area contributed by atoms with E-state index in [9.17, 15) is 4.79 Å². The number of carbonyl (C=O) groups excluding carboxylic acids is 1. The topological polar surface area (TPSA) is 26.3 Å². The molecule has 0 bridgehead atoms. The smallest absolute Gasteiger partial charge is 0.193 e. The second-order valence-electron chi connectivity index (χ2n) is 11.8. The van der Waals surface area contributed by atoms with Crippen LogP contribution in [0.2, 0.25) is 37.8 Å². The van der Waals surface area contributed by atoms with Crippen LogP contribution in [0.15, 0.2) is 42.0 Å². The Hall–Kier alpha value is -1.42. The first kappa shape index (κ1) is 27.6. The number of hydrogen-bond donors (Lipinski definition) is 0. The first-order valence-electron chi connectivity index (χ1n) is 11.4. The third-order valence-electron chi connectivity index (χ3n) is 6.27. The average Bonchev–Trinajstić information content (AvgIpc) is 2.62. The molecule has 0 spiro atoms. The van der Waals surface area contributed by atoms with E-state index in [4.69, 9.17) is 4.43 Å². The second kappa shape index (κ2) is 10.0. The van der Waals surface area contributed by atoms with Gasteiger partial charge in [0.2, 0.25) is 0 Å². The summed E-state index contributed by atoms with van der Waals surface area (Å²) in [6, 6.07) is 10.3. The summed E-state index contributed by atoms with van der Waals surface area (Å²) in [4.78, 5) is 13.7. The number of rotatable bonds is 7. The highest BCUT2D eigenvalue weighted by atomic mass is 28.4. The predicted octanol–water partition coefficient (Wildman–Crippen LogP) is 7.60. The Labute approximate surface area is 194 Å². The molecule has 0 amide bonds. The van der Waals surface area contributed by atoms with Gasteiger partial charge in [0.15, 0.2) is 14.1 Å². The van der Waals surface area contributed by atoms with Crippen LogP contribution in [-0.4, -0.2) is 28.3 Å². The van der Waals surface area contributed by atoms with Crippen molar-refractivity contribution in [3.8, 4) is 11.5 Å². The highest BCUT2D eigenvalue weighted by Gasteiger charge is 2.44. The van der Waals surface area contributed by atoms with Crippen LogP contribution >= 0.6 is 0 Å². The molecule has 0 aliphatic heterocycles. The number of Topliss-reactive ketones (excluding diaryl/α,β-unsaturated/α-hetero) is 1. The van der Waals surface area contributed by atoms with Gasteiger partial charge in [-0.25, -0.2) is 0 Å². The maximum atomic E-state index is 13.7. The third-order valence-corrected chi connectivity index (χ3v) is 11.7. The molecule has 1 aromatic carbocycles. The fourth-order valence-corrected chi connectivity index (χ4v) is 5.23. The van der Waals surface area contributed by atoms with Gasteiger partial charge in [-0.2, -0.15) is 0 Å². The summed E-state index contributed by atoms with van der Waals surface area (Å²) < 4.78 is 6.48. The Bertz CT molecular complexity index is 841. The lowest BCUT2D eigenvalue weighted by molar-refractivity contribution is -0.134. The molecule has 31 heavy (non-hydrogen) atoms. The zero-order valence-electron chi connectivity index (χ0n) is 21.9. The van der Waals surface area contributed by atoms with Crippen molar-refractivity contribution in [2.45, 2.75) is 98.3 Å². The van der Waals surface area contributed by atoms with Crippen molar-refractivity contribution in [1.82, 2.24) is 0 Å². The van der Waals surface area contributed by atoms with E-state index >= 15 is 0 Å². The number of allylic oxidation sites excluding steroid dienone is 2. The van der Waals surface area contributed by atoms with Crippen molar-refractivity contribution < 1.29 is 9.22 Å². The van der Waals surface area contributed by atoms with Crippen molar-refractivity contribution in [1.29, 1.82) is 0 Å². The Kier molecular flexibility index (Phi) is 8.93. The largest absolute Gasteiger partial charge is 0.407 e. The van der Waals surface area contributed by atoms with Crippen molar-refractivity contribution in [2.75, 3.05) is 0 Å². The van der Waals surface area contributed by atoms with E-state index in [-0.39, 0.29) is 16.7 Å². The van der Waals surface area contributed by atoms with Gasteiger partial charge in [0.25, 0.3) is 0 Å². The molecule has 0 heterocycles. The van der Waals surface area contributed by atoms with Gasteiger partial charge in [0.05, 0.1) is 0 Å². The number of hydrogen-bond acceptors (Lipinski definition) is 2. The van der Waals surface area contributed by atoms with Crippen LogP contribution in [0.25, 0.3) is 0 Å². The van der Waals surface area contributed by atoms with E-state index in [1.54, 1.807) is 0 Å². The Morgan fingerprint density at radius 1 is 1.00 bits per heavy atom. The molecule has 0 N–H and O–H groups in total. The molecule has 0 radical (unpaired) electrons. The Balaban J connectivity index is 3.36. The summed E-state index contributed by atoms with van der Waals surface area (Å²) in [6.45, 7) is 25.8. The molecular formula is C27H44O2Si2. The Morgan fingerprint density at radius 2 is 1.52 bits per heavy atom. The zero-order valence-corrected chi connectivity index (χ0v) is 23.9. The lowest BCUT2D eigenvalue weighted by Crippen LogP contribution is -2.48. The fraction of sp³-hybridized carbons (Fsp3) is 0.593. The van der Waals surface area contributed by atoms with Crippen LogP contribution in [0.1, 0.15) is 59.9 Å². The van der Waals surface area contributed by atoms with E-state index < -0.39 is 27.9 Å². The zero-order chi connectivity index (χ0) is 24.3. The summed E-state index contributed by atoms with van der Waals surface area (Å²) in [5.74, 6) is 3.44. The van der Waals surface area contributed by atoms with Crippen LogP contribution in [0.4, 0.5) is 0 Å². The minimum atomic E-state index is -2.04. The lowest BCUT2D eigenvalue weighted by atomic mass is 9.70. The quantitative estimate of drug-likeness (QED) is 0.312. The van der Waals surface area contributed by atoms with Crippen molar-refractivity contribution in [3.63, 3.8) is 0 Å². The third kappa shape index (κ3) is 7.89. The van der Waals surface area contributed by atoms with Crippen molar-refractivity contribution in [3.05, 3.63) is 47.5 Å². The van der Waals surface area contributed by atoms with Gasteiger partial charge in [0.1, 0.15) is 14.2 Å². The lowest BCUT2D eigenvalue weighted by Gasteiger charge is -2.40. The van der Waals surface area contributed by atoms with Gasteiger partial charge in [-0.05, 0) is 43.1 Å². The minimum Gasteiger partial charge on any atom is -0.407 e. The standard InChI is InChI=1S/C27H44O2Si2/c1-21(18-19-30(8,9)10)20-24(23-16-14-13-15-17-23)27(6,7)25(28)22(2)29-31(11,12)26(3,4)5/h13-17,20,22,24H,1-12H3/b21-20-/t22-,24?/m0/s1. The average molecular weight is 457 g/mol. The van der Waals surface area contributed by atoms with Gasteiger partial charge >= 0.3 is 0 Å². The molecule has 0 aliphatic rings. The van der Waals surface area contributed by atoms with Crippen molar-refractivity contribution >= 4 is 22.2 Å². The molecule has 2 atom stereocenters. The molecule has 4 heteroatoms. The van der Waals surface area contributed by atoms with E-state index in [1.165, 1.54) is 0 Å². The van der Waals surface area contributed by atoms with Gasteiger partial charge in [-0.1, -0.05) is 96.6 Å². The summed E-state index contributed by atoms with van der Waals surface area (Å²) in [5.41, 5.74) is 4.98. The highest BCUT2D eigenvalue weighted by molar-refractivity contribution is 6.83. The van der Waals surface area contributed by atoms with Crippen molar-refractivity contribution in [2.24, 2.45) is 5.41 Å². The number of carbonyl (C=O) groups is 1. The normalized spacial score (nSPS) is 15.7. The Morgan fingerprint density at radius 3 is 1.97 bits per heavy atom. The van der Waals surface area contributed by atoms with E-state index in [0.717, 1.165) is 11.1 Å². The number of ketones is 1. The van der Waals surface area contributed by atoms with Crippen LogP contribution in [-0.2, 0) is 9.22 Å². The minimum absolute atomic E-state index is 0.0629. The van der Waals surface area contributed by atoms with E-state index in [2.05, 4.69) is 90.1 Å². The fourth-order valence-electron chi connectivity index (χ4n) is 3.31. The maximum absolute atomic E-state index is 13.7. The molecule has 0 fully saturated rings. The molecule has 2 nitrogen and oxygen atoms in total. The molecule has 1 aromatic rings. The summed E-state index contributed by atoms with van der Waals surface area (Å²) in [6.07, 6.45) is 1.74. The van der Waals surface area contributed by atoms with Gasteiger partial charge < -0.3 is 4.43 Å². The molecule has 1 unspecified atom stereocenters. The molecule has 172 valence electrons. The molecule has 0 aromatic heterocycles. The molecule has 1 rings (SSSR count). The summed E-state index contributed by atoms with van der Waals surface area (Å²) in [7, 11) is -3.51. The predicted molar refractivity (Wildman–Crippen MR) is 141 cm³/mol. The summed E-state index contributed by atoms with van der Waals surface area (Å²) in [5, 5.41) is 0.0629. The molecular weight excluding hydrogens is 412 g/mol. The maximum Gasteiger partial charge on any atom is 0.193 e. The van der Waals surface area contributed by atoms with E-state index in [1.807, 2.05) is 39.0 Å².